The lowest BCUT2D eigenvalue weighted by Gasteiger charge is -2.29. The minimum absolute atomic E-state index is 0.00405. The number of hydrogen-bond acceptors (Lipinski definition) is 9. The molecule has 2 aromatic heterocycles. The van der Waals surface area contributed by atoms with Crippen LogP contribution in [0.5, 0.6) is 0 Å². The van der Waals surface area contributed by atoms with Crippen molar-refractivity contribution >= 4 is 50.1 Å². The van der Waals surface area contributed by atoms with Gasteiger partial charge in [-0.3, -0.25) is 9.78 Å². The number of nitrogens with zero attached hydrogens (tertiary/aromatic N) is 4. The second kappa shape index (κ2) is 14.1. The first-order valence-corrected chi connectivity index (χ1v) is 17.0. The van der Waals surface area contributed by atoms with E-state index in [1.165, 1.54) is 30.7 Å². The summed E-state index contributed by atoms with van der Waals surface area (Å²) >= 11 is 0. The van der Waals surface area contributed by atoms with Crippen LogP contribution in [0.25, 0.3) is 22.0 Å². The number of fused-ring (bicyclic) bond motifs is 1. The van der Waals surface area contributed by atoms with E-state index in [0.29, 0.717) is 27.8 Å². The summed E-state index contributed by atoms with van der Waals surface area (Å²) in [7, 11) is -4.07. The number of urea groups is 1. The number of amides is 3. The van der Waals surface area contributed by atoms with Crippen LogP contribution in [0.1, 0.15) is 49.2 Å². The Labute approximate surface area is 288 Å². The number of hydrogen-bond donors (Lipinski definition) is 4. The molecule has 2 heterocycles. The summed E-state index contributed by atoms with van der Waals surface area (Å²) in [6.45, 7) is 10.4. The fraction of sp³-hybridized carbons (Fsp3) is 0.257. The molecule has 14 nitrogen and oxygen atoms in total. The van der Waals surface area contributed by atoms with Crippen molar-refractivity contribution in [2.24, 2.45) is 0 Å². The van der Waals surface area contributed by atoms with E-state index in [4.69, 9.17) is 4.74 Å². The number of carbonyl (C=O) groups is 3. The molecule has 2 atom stereocenters. The Bertz CT molecular complexity index is 2170. The van der Waals surface area contributed by atoms with Crippen molar-refractivity contribution in [1.29, 1.82) is 0 Å². The third-order valence-electron chi connectivity index (χ3n) is 7.70. The molecular formula is C35H37N7O7S. The monoisotopic (exact) mass is 699 g/mol. The maximum Gasteiger partial charge on any atom is 0.328 e. The molecule has 0 radical (unpaired) electrons. The smallest absolute Gasteiger partial charge is 0.328 e. The molecule has 0 aliphatic heterocycles. The number of pyridine rings is 1. The summed E-state index contributed by atoms with van der Waals surface area (Å²) in [5.41, 5.74) is 1.93. The van der Waals surface area contributed by atoms with Gasteiger partial charge in [0.25, 0.3) is 15.9 Å². The number of rotatable bonds is 10. The largest absolute Gasteiger partial charge is 0.480 e. The summed E-state index contributed by atoms with van der Waals surface area (Å²) in [5.74, 6) is -1.99. The van der Waals surface area contributed by atoms with Gasteiger partial charge in [-0.2, -0.15) is 8.42 Å². The zero-order chi connectivity index (χ0) is 36.4. The van der Waals surface area contributed by atoms with Crippen LogP contribution in [-0.2, 0) is 19.6 Å². The molecule has 0 unspecified atom stereocenters. The number of ether oxygens (including phenoxy) is 1. The highest BCUT2D eigenvalue weighted by atomic mass is 32.2. The third-order valence-corrected chi connectivity index (χ3v) is 9.29. The number of aromatic nitrogens is 4. The molecule has 3 aromatic carbocycles. The molecule has 15 heteroatoms. The summed E-state index contributed by atoms with van der Waals surface area (Å²) < 4.78 is 33.2. The molecule has 5 rings (SSSR count). The van der Waals surface area contributed by atoms with Crippen molar-refractivity contribution < 1.29 is 32.6 Å². The summed E-state index contributed by atoms with van der Waals surface area (Å²) in [6, 6.07) is 14.5. The van der Waals surface area contributed by atoms with Crippen molar-refractivity contribution in [1.82, 2.24) is 24.7 Å². The van der Waals surface area contributed by atoms with E-state index in [1.807, 2.05) is 12.1 Å². The van der Waals surface area contributed by atoms with Crippen LogP contribution < -0.4 is 16.0 Å². The van der Waals surface area contributed by atoms with Gasteiger partial charge < -0.3 is 25.8 Å². The number of aryl methyl sites for hydroxylation is 2. The summed E-state index contributed by atoms with van der Waals surface area (Å²) in [5, 5.41) is 27.1. The number of carboxylic acid groups (broad SMARTS) is 1. The molecule has 0 spiro atoms. The zero-order valence-corrected chi connectivity index (χ0v) is 29.1. The highest BCUT2D eigenvalue weighted by Crippen LogP contribution is 2.31. The van der Waals surface area contributed by atoms with Crippen molar-refractivity contribution in [2.45, 2.75) is 64.2 Å². The van der Waals surface area contributed by atoms with E-state index in [9.17, 15) is 27.9 Å². The molecule has 0 bridgehead atoms. The van der Waals surface area contributed by atoms with Gasteiger partial charge in [-0.15, -0.1) is 9.19 Å². The van der Waals surface area contributed by atoms with Gasteiger partial charge in [0.05, 0.1) is 34.0 Å². The lowest BCUT2D eigenvalue weighted by atomic mass is 10.0. The Morgan fingerprint density at radius 1 is 0.920 bits per heavy atom. The first-order chi connectivity index (χ1) is 23.5. The average Bonchev–Trinajstić information content (AvgIpc) is 3.55. The topological polar surface area (TPSA) is 194 Å². The highest BCUT2D eigenvalue weighted by Gasteiger charge is 2.31. The molecule has 0 fully saturated rings. The molecule has 260 valence electrons. The number of carbonyl (C=O) groups excluding carboxylic acids is 2. The number of aliphatic carboxylic acids is 1. The fourth-order valence-electron chi connectivity index (χ4n) is 5.53. The van der Waals surface area contributed by atoms with Crippen molar-refractivity contribution in [3.05, 3.63) is 95.9 Å². The van der Waals surface area contributed by atoms with Crippen LogP contribution in [0.4, 0.5) is 16.2 Å². The SMILES string of the molecule is Cc1cc(-c2cnnn2S(=O)(=O)c2ccncc2)cc(C)c1NC(=O)Nc1cc2ccccc2cc1C(=O)N[C@H](C(=O)O)[C@@H](C)OC(C)(C)C. The van der Waals surface area contributed by atoms with Gasteiger partial charge in [0.2, 0.25) is 0 Å². The minimum atomic E-state index is -4.07. The first kappa shape index (κ1) is 35.6. The predicted octanol–water partition coefficient (Wildman–Crippen LogP) is 5.38. The van der Waals surface area contributed by atoms with Gasteiger partial charge in [0.1, 0.15) is 5.69 Å². The van der Waals surface area contributed by atoms with Gasteiger partial charge in [-0.1, -0.05) is 29.5 Å². The standard InChI is InChI=1S/C35H37N7O7S/c1-20-15-25(29-19-37-41-42(29)50(47,48)26-11-13-36-14-12-26)16-21(2)30(20)40-34(46)38-28-18-24-10-8-7-9-23(24)17-27(28)32(43)39-31(33(44)45)22(3)49-35(4,5)6/h7-19,22,31H,1-6H3,(H,39,43)(H,44,45)(H2,38,40,46)/t22-,31+/m1/s1. The Morgan fingerprint density at radius 3 is 2.14 bits per heavy atom. The van der Waals surface area contributed by atoms with Gasteiger partial charge in [0, 0.05) is 23.6 Å². The van der Waals surface area contributed by atoms with Crippen molar-refractivity contribution in [3.8, 4) is 11.3 Å². The predicted molar refractivity (Wildman–Crippen MR) is 188 cm³/mol. The van der Waals surface area contributed by atoms with E-state index in [0.717, 1.165) is 9.47 Å². The molecular weight excluding hydrogens is 662 g/mol. The second-order valence-electron chi connectivity index (χ2n) is 12.7. The zero-order valence-electron chi connectivity index (χ0n) is 28.3. The van der Waals surface area contributed by atoms with E-state index in [1.54, 1.807) is 77.9 Å². The Hall–Kier alpha value is -5.67. The van der Waals surface area contributed by atoms with E-state index in [-0.39, 0.29) is 21.8 Å². The van der Waals surface area contributed by atoms with Gasteiger partial charge in [-0.05, 0) is 99.8 Å². The van der Waals surface area contributed by atoms with E-state index < -0.39 is 45.7 Å². The normalized spacial score (nSPS) is 13.0. The van der Waals surface area contributed by atoms with Crippen LogP contribution in [0.15, 0.2) is 84.1 Å². The highest BCUT2D eigenvalue weighted by molar-refractivity contribution is 7.90. The number of nitrogens with one attached hydrogen (secondary N) is 3. The van der Waals surface area contributed by atoms with Gasteiger partial charge >= 0.3 is 12.0 Å². The van der Waals surface area contributed by atoms with Crippen LogP contribution in [0, 0.1) is 13.8 Å². The Morgan fingerprint density at radius 2 is 1.54 bits per heavy atom. The van der Waals surface area contributed by atoms with Crippen LogP contribution >= 0.6 is 0 Å². The fourth-order valence-corrected chi connectivity index (χ4v) is 6.74. The maximum atomic E-state index is 13.6. The molecule has 0 saturated carbocycles. The number of anilines is 2. The first-order valence-electron chi connectivity index (χ1n) is 15.6. The van der Waals surface area contributed by atoms with Crippen molar-refractivity contribution in [3.63, 3.8) is 0 Å². The van der Waals surface area contributed by atoms with Gasteiger partial charge in [0.15, 0.2) is 6.04 Å². The number of benzene rings is 3. The molecule has 3 amide bonds. The quantitative estimate of drug-likeness (QED) is 0.147. The van der Waals surface area contributed by atoms with E-state index >= 15 is 0 Å². The molecule has 0 aliphatic rings. The molecule has 4 N–H and O–H groups in total. The van der Waals surface area contributed by atoms with Gasteiger partial charge in [-0.25, -0.2) is 9.59 Å². The molecule has 50 heavy (non-hydrogen) atoms. The van der Waals surface area contributed by atoms with Crippen LogP contribution in [0.3, 0.4) is 0 Å². The maximum absolute atomic E-state index is 13.6. The summed E-state index contributed by atoms with van der Waals surface area (Å²) in [4.78, 5) is 43.1. The van der Waals surface area contributed by atoms with Crippen LogP contribution in [-0.4, -0.2) is 68.6 Å². The van der Waals surface area contributed by atoms with E-state index in [2.05, 4.69) is 31.2 Å². The van der Waals surface area contributed by atoms with Crippen molar-refractivity contribution in [2.75, 3.05) is 10.6 Å². The molecule has 0 aliphatic carbocycles. The lowest BCUT2D eigenvalue weighted by Crippen LogP contribution is -2.50. The average molecular weight is 700 g/mol. The lowest BCUT2D eigenvalue weighted by molar-refractivity contribution is -0.146. The Balaban J connectivity index is 1.42. The Kier molecular flexibility index (Phi) is 10.0. The number of carboxylic acids is 1. The molecule has 0 saturated heterocycles. The second-order valence-corrected chi connectivity index (χ2v) is 14.5. The molecule has 5 aromatic rings. The van der Waals surface area contributed by atoms with Crippen LogP contribution in [0.2, 0.25) is 0 Å². The minimum Gasteiger partial charge on any atom is -0.480 e. The third kappa shape index (κ3) is 7.79. The summed E-state index contributed by atoms with van der Waals surface area (Å²) in [6.07, 6.45) is 3.21.